The lowest BCUT2D eigenvalue weighted by Gasteiger charge is -2.41. The number of nitrogens with zero attached hydrogens (tertiary/aromatic N) is 2. The number of aromatic nitrogens is 1. The SMILES string of the molecule is C1=CCC(n2c3c(c4c2CC(C2C=CCCC2)CC4)CC(N(C2=CC=CC4SC5CCC=CC5C24)c2cccc4oc5ccccc5c24)C=C3)C=C1. The predicted octanol–water partition coefficient (Wildman–Crippen LogP) is 11.9. The molecular weight excluding hydrogens is 653 g/mol. The molecule has 3 heterocycles. The smallest absolute Gasteiger partial charge is 0.137 e. The molecule has 4 heteroatoms. The normalized spacial score (nSPS) is 31.4. The van der Waals surface area contributed by atoms with Crippen LogP contribution in [-0.4, -0.2) is 21.1 Å². The van der Waals surface area contributed by atoms with E-state index in [-0.39, 0.29) is 6.04 Å². The average Bonchev–Trinajstić information content (AvgIpc) is 3.88. The van der Waals surface area contributed by atoms with Crippen molar-refractivity contribution in [3.8, 4) is 0 Å². The van der Waals surface area contributed by atoms with E-state index in [2.05, 4.69) is 143 Å². The topological polar surface area (TPSA) is 21.3 Å². The summed E-state index contributed by atoms with van der Waals surface area (Å²) < 4.78 is 9.32. The Morgan fingerprint density at radius 1 is 0.788 bits per heavy atom. The van der Waals surface area contributed by atoms with Crippen molar-refractivity contribution < 1.29 is 4.42 Å². The highest BCUT2D eigenvalue weighted by Gasteiger charge is 2.47. The van der Waals surface area contributed by atoms with Crippen LogP contribution in [0.5, 0.6) is 0 Å². The Labute approximate surface area is 312 Å². The third kappa shape index (κ3) is 5.00. The van der Waals surface area contributed by atoms with Gasteiger partial charge in [0.05, 0.1) is 23.2 Å². The van der Waals surface area contributed by atoms with Crippen LogP contribution in [0.1, 0.15) is 73.5 Å². The molecule has 1 aliphatic heterocycles. The molecule has 1 fully saturated rings. The van der Waals surface area contributed by atoms with E-state index < -0.39 is 0 Å². The molecule has 7 aliphatic rings. The van der Waals surface area contributed by atoms with Gasteiger partial charge in [-0.3, -0.25) is 0 Å². The third-order valence-electron chi connectivity index (χ3n) is 13.5. The molecule has 4 aromatic rings. The van der Waals surface area contributed by atoms with Gasteiger partial charge < -0.3 is 13.9 Å². The van der Waals surface area contributed by atoms with Crippen LogP contribution < -0.4 is 4.90 Å². The molecule has 0 radical (unpaired) electrons. The number of thioether (sulfide) groups is 1. The van der Waals surface area contributed by atoms with Crippen LogP contribution in [0.3, 0.4) is 0 Å². The van der Waals surface area contributed by atoms with E-state index in [0.717, 1.165) is 35.8 Å². The molecule has 0 saturated carbocycles. The molecular formula is C48H48N2OS. The first-order valence-electron chi connectivity index (χ1n) is 20.1. The molecule has 0 bridgehead atoms. The molecule has 52 heavy (non-hydrogen) atoms. The van der Waals surface area contributed by atoms with Crippen LogP contribution in [-0.2, 0) is 19.3 Å². The number of rotatable bonds is 5. The van der Waals surface area contributed by atoms with Gasteiger partial charge in [0.1, 0.15) is 11.2 Å². The van der Waals surface area contributed by atoms with E-state index in [9.17, 15) is 0 Å². The van der Waals surface area contributed by atoms with E-state index in [0.29, 0.717) is 28.4 Å². The zero-order valence-electron chi connectivity index (χ0n) is 29.9. The van der Waals surface area contributed by atoms with E-state index in [1.165, 1.54) is 79.2 Å². The van der Waals surface area contributed by atoms with Crippen molar-refractivity contribution in [3.05, 3.63) is 144 Å². The molecule has 2 aromatic heterocycles. The molecule has 1 saturated heterocycles. The maximum atomic E-state index is 6.54. The van der Waals surface area contributed by atoms with Crippen molar-refractivity contribution in [1.82, 2.24) is 4.57 Å². The number of fused-ring (bicyclic) bond motifs is 9. The summed E-state index contributed by atoms with van der Waals surface area (Å²) in [5.41, 5.74) is 11.1. The van der Waals surface area contributed by atoms with Gasteiger partial charge in [0.25, 0.3) is 0 Å². The molecule has 262 valence electrons. The Morgan fingerprint density at radius 2 is 1.73 bits per heavy atom. The number of para-hydroxylation sites is 1. The number of furan rings is 1. The second-order valence-electron chi connectivity index (χ2n) is 16.3. The lowest BCUT2D eigenvalue weighted by Crippen LogP contribution is -2.42. The van der Waals surface area contributed by atoms with Crippen LogP contribution in [0, 0.1) is 23.7 Å². The van der Waals surface area contributed by atoms with Gasteiger partial charge in [0.2, 0.25) is 0 Å². The highest BCUT2D eigenvalue weighted by Crippen LogP contribution is 2.55. The molecule has 11 rings (SSSR count). The quantitative estimate of drug-likeness (QED) is 0.193. The molecule has 8 atom stereocenters. The van der Waals surface area contributed by atoms with Crippen LogP contribution in [0.2, 0.25) is 0 Å². The van der Waals surface area contributed by atoms with Crippen LogP contribution >= 0.6 is 11.8 Å². The van der Waals surface area contributed by atoms with Crippen LogP contribution in [0.15, 0.2) is 125 Å². The summed E-state index contributed by atoms with van der Waals surface area (Å²) in [5.74, 6) is 2.51. The van der Waals surface area contributed by atoms with Gasteiger partial charge in [-0.1, -0.05) is 91.1 Å². The van der Waals surface area contributed by atoms with Gasteiger partial charge in [-0.05, 0) is 123 Å². The first kappa shape index (κ1) is 31.4. The maximum Gasteiger partial charge on any atom is 0.137 e. The molecule has 0 amide bonds. The minimum absolute atomic E-state index is 0.211. The van der Waals surface area contributed by atoms with E-state index in [1.807, 2.05) is 0 Å². The molecule has 3 nitrogen and oxygen atoms in total. The lowest BCUT2D eigenvalue weighted by atomic mass is 9.74. The zero-order valence-corrected chi connectivity index (χ0v) is 30.8. The summed E-state index contributed by atoms with van der Waals surface area (Å²) >= 11 is 2.23. The number of allylic oxidation sites excluding steroid dienone is 11. The van der Waals surface area contributed by atoms with Crippen molar-refractivity contribution in [1.29, 1.82) is 0 Å². The number of benzene rings is 2. The van der Waals surface area contributed by atoms with Gasteiger partial charge in [-0.25, -0.2) is 0 Å². The Bertz CT molecular complexity index is 2270. The Morgan fingerprint density at radius 3 is 2.65 bits per heavy atom. The standard InChI is InChI=1S/C48H48N2OS/c1-3-13-31(14-4-1)32-25-27-35-38-30-34(26-28-39(38)49(42(35)29-32)33-15-5-2-6-16-33)50(40-19-11-22-44-47(40)36-17-7-9-21-43(36)51-44)41-20-12-24-46-48(41)37-18-8-10-23-45(37)52-46/h2-3,5-9,11-13,15,17-22,24,26,28,31-34,37,45-46,48H,1,4,10,14,16,23,25,27,29-30H2. The van der Waals surface area contributed by atoms with Crippen LogP contribution in [0.4, 0.5) is 5.69 Å². The van der Waals surface area contributed by atoms with Crippen molar-refractivity contribution in [2.45, 2.75) is 86.8 Å². The summed E-state index contributed by atoms with van der Waals surface area (Å²) in [4.78, 5) is 2.78. The molecule has 6 aliphatic carbocycles. The van der Waals surface area contributed by atoms with E-state index >= 15 is 0 Å². The van der Waals surface area contributed by atoms with E-state index in [4.69, 9.17) is 4.42 Å². The van der Waals surface area contributed by atoms with Gasteiger partial charge >= 0.3 is 0 Å². The Kier molecular flexibility index (Phi) is 7.70. The second kappa shape index (κ2) is 12.8. The third-order valence-corrected chi connectivity index (χ3v) is 15.2. The fourth-order valence-electron chi connectivity index (χ4n) is 11.2. The van der Waals surface area contributed by atoms with Crippen molar-refractivity contribution >= 4 is 45.5 Å². The summed E-state index contributed by atoms with van der Waals surface area (Å²) in [6.45, 7) is 0. The second-order valence-corrected chi connectivity index (χ2v) is 17.7. The Balaban J connectivity index is 1.06. The van der Waals surface area contributed by atoms with Crippen molar-refractivity contribution in [3.63, 3.8) is 0 Å². The fraction of sp³-hybridized carbons (Fsp3) is 0.375. The van der Waals surface area contributed by atoms with Crippen molar-refractivity contribution in [2.24, 2.45) is 23.7 Å². The minimum Gasteiger partial charge on any atom is -0.456 e. The first-order chi connectivity index (χ1) is 25.8. The van der Waals surface area contributed by atoms with Gasteiger partial charge in [0, 0.05) is 38.9 Å². The zero-order chi connectivity index (χ0) is 34.2. The largest absolute Gasteiger partial charge is 0.456 e. The summed E-state index contributed by atoms with van der Waals surface area (Å²) in [6.07, 6.45) is 44.1. The van der Waals surface area contributed by atoms with Gasteiger partial charge in [0.15, 0.2) is 0 Å². The number of hydrogen-bond donors (Lipinski definition) is 0. The Hall–Kier alpha value is -4.15. The summed E-state index contributed by atoms with van der Waals surface area (Å²) in [7, 11) is 0. The average molecular weight is 701 g/mol. The van der Waals surface area contributed by atoms with Crippen molar-refractivity contribution in [2.75, 3.05) is 4.90 Å². The van der Waals surface area contributed by atoms with Gasteiger partial charge in [-0.15, -0.1) is 11.8 Å². The number of anilines is 1. The highest BCUT2D eigenvalue weighted by molar-refractivity contribution is 8.01. The minimum atomic E-state index is 0.211. The van der Waals surface area contributed by atoms with E-state index in [1.54, 1.807) is 16.8 Å². The molecule has 2 aromatic carbocycles. The monoisotopic (exact) mass is 700 g/mol. The first-order valence-corrected chi connectivity index (χ1v) is 21.1. The molecule has 0 N–H and O–H groups in total. The summed E-state index contributed by atoms with van der Waals surface area (Å²) in [5, 5.41) is 3.65. The predicted molar refractivity (Wildman–Crippen MR) is 219 cm³/mol. The molecule has 0 spiro atoms. The van der Waals surface area contributed by atoms with Gasteiger partial charge in [-0.2, -0.15) is 0 Å². The fourth-order valence-corrected chi connectivity index (χ4v) is 13.0. The van der Waals surface area contributed by atoms with Crippen LogP contribution in [0.25, 0.3) is 28.0 Å². The lowest BCUT2D eigenvalue weighted by molar-refractivity contribution is 0.313. The number of hydrogen-bond acceptors (Lipinski definition) is 3. The molecule has 8 unspecified atom stereocenters. The summed E-state index contributed by atoms with van der Waals surface area (Å²) in [6, 6.07) is 16.0. The highest BCUT2D eigenvalue weighted by atomic mass is 32.2. The maximum absolute atomic E-state index is 6.54.